The van der Waals surface area contributed by atoms with Crippen LogP contribution in [0.3, 0.4) is 0 Å². The van der Waals surface area contributed by atoms with Crippen LogP contribution in [0.15, 0.2) is 36.4 Å². The van der Waals surface area contributed by atoms with Crippen LogP contribution in [0.5, 0.6) is 5.75 Å². The van der Waals surface area contributed by atoms with Crippen molar-refractivity contribution in [2.45, 2.75) is 19.2 Å². The molecule has 0 amide bonds. The lowest BCUT2D eigenvalue weighted by Crippen LogP contribution is -2.02. The summed E-state index contributed by atoms with van der Waals surface area (Å²) in [7, 11) is 1.62. The minimum Gasteiger partial charge on any atom is -0.496 e. The molecule has 0 saturated carbocycles. The number of para-hydroxylation sites is 1. The Morgan fingerprint density at radius 3 is 2.26 bits per heavy atom. The third-order valence-corrected chi connectivity index (χ3v) is 3.68. The number of alkyl halides is 1. The van der Waals surface area contributed by atoms with E-state index >= 15 is 0 Å². The number of hydrogen-bond acceptors (Lipinski definition) is 1. The third-order valence-electron chi connectivity index (χ3n) is 3.22. The number of aryl methyl sites for hydroxylation is 2. The molecule has 1 nitrogen and oxygen atoms in total. The first kappa shape index (κ1) is 13.9. The molecule has 2 aromatic rings. The van der Waals surface area contributed by atoms with Gasteiger partial charge < -0.3 is 4.74 Å². The van der Waals surface area contributed by atoms with Crippen molar-refractivity contribution < 1.29 is 9.13 Å². The summed E-state index contributed by atoms with van der Waals surface area (Å²) in [4.78, 5) is 0. The zero-order valence-corrected chi connectivity index (χ0v) is 12.0. The van der Waals surface area contributed by atoms with Crippen LogP contribution in [-0.4, -0.2) is 7.11 Å². The van der Waals surface area contributed by atoms with Gasteiger partial charge in [0.1, 0.15) is 11.6 Å². The van der Waals surface area contributed by atoms with E-state index in [1.807, 2.05) is 38.1 Å². The molecule has 0 aliphatic carbocycles. The average molecular weight is 279 g/mol. The molecular formula is C16H16ClFO. The molecule has 0 saturated heterocycles. The van der Waals surface area contributed by atoms with Crippen molar-refractivity contribution >= 4 is 11.6 Å². The van der Waals surface area contributed by atoms with Gasteiger partial charge in [-0.2, -0.15) is 0 Å². The monoisotopic (exact) mass is 278 g/mol. The van der Waals surface area contributed by atoms with Gasteiger partial charge in [0.05, 0.1) is 12.5 Å². The molecule has 1 unspecified atom stereocenters. The molecule has 0 bridgehead atoms. The van der Waals surface area contributed by atoms with Crippen molar-refractivity contribution in [1.82, 2.24) is 0 Å². The molecule has 0 spiro atoms. The first-order valence-electron chi connectivity index (χ1n) is 6.08. The Kier molecular flexibility index (Phi) is 4.11. The number of halogens is 2. The quantitative estimate of drug-likeness (QED) is 0.734. The van der Waals surface area contributed by atoms with E-state index in [1.54, 1.807) is 7.11 Å². The molecule has 0 radical (unpaired) electrons. The molecule has 0 heterocycles. The van der Waals surface area contributed by atoms with Crippen molar-refractivity contribution in [1.29, 1.82) is 0 Å². The van der Waals surface area contributed by atoms with Gasteiger partial charge in [-0.15, -0.1) is 11.6 Å². The maximum absolute atomic E-state index is 13.4. The van der Waals surface area contributed by atoms with Crippen LogP contribution in [-0.2, 0) is 0 Å². The van der Waals surface area contributed by atoms with Gasteiger partial charge >= 0.3 is 0 Å². The van der Waals surface area contributed by atoms with Gasteiger partial charge in [-0.1, -0.05) is 18.2 Å². The molecule has 0 N–H and O–H groups in total. The Bertz CT molecular complexity index is 572. The Morgan fingerprint density at radius 2 is 1.68 bits per heavy atom. The minimum absolute atomic E-state index is 0.234. The van der Waals surface area contributed by atoms with E-state index in [0.29, 0.717) is 0 Å². The van der Waals surface area contributed by atoms with Crippen molar-refractivity contribution in [3.05, 3.63) is 64.5 Å². The van der Waals surface area contributed by atoms with E-state index in [0.717, 1.165) is 28.0 Å². The lowest BCUT2D eigenvalue weighted by molar-refractivity contribution is 0.410. The summed E-state index contributed by atoms with van der Waals surface area (Å²) in [6.45, 7) is 3.74. The van der Waals surface area contributed by atoms with Crippen molar-refractivity contribution in [2.24, 2.45) is 0 Å². The number of benzene rings is 2. The zero-order valence-electron chi connectivity index (χ0n) is 11.2. The summed E-state index contributed by atoms with van der Waals surface area (Å²) >= 11 is 6.58. The fourth-order valence-electron chi connectivity index (χ4n) is 2.35. The van der Waals surface area contributed by atoms with Crippen molar-refractivity contribution in [3.63, 3.8) is 0 Å². The summed E-state index contributed by atoms with van der Waals surface area (Å²) in [5.41, 5.74) is 3.53. The fraction of sp³-hybridized carbons (Fsp3) is 0.250. The number of rotatable bonds is 3. The van der Waals surface area contributed by atoms with E-state index in [9.17, 15) is 4.39 Å². The van der Waals surface area contributed by atoms with Crippen LogP contribution in [0.4, 0.5) is 4.39 Å². The molecule has 0 aliphatic heterocycles. The SMILES string of the molecule is COc1ccccc1C(Cl)c1c(C)cc(F)cc1C. The second-order valence-electron chi connectivity index (χ2n) is 4.56. The first-order chi connectivity index (χ1) is 9.04. The maximum atomic E-state index is 13.4. The van der Waals surface area contributed by atoms with Crippen LogP contribution >= 0.6 is 11.6 Å². The molecule has 0 fully saturated rings. The lowest BCUT2D eigenvalue weighted by atomic mass is 9.95. The van der Waals surface area contributed by atoms with Gasteiger partial charge in [-0.25, -0.2) is 4.39 Å². The highest BCUT2D eigenvalue weighted by molar-refractivity contribution is 6.23. The molecule has 2 aromatic carbocycles. The summed E-state index contributed by atoms with van der Waals surface area (Å²) < 4.78 is 18.7. The normalized spacial score (nSPS) is 12.3. The van der Waals surface area contributed by atoms with Gasteiger partial charge in [-0.3, -0.25) is 0 Å². The molecule has 0 aromatic heterocycles. The van der Waals surface area contributed by atoms with E-state index in [-0.39, 0.29) is 11.2 Å². The van der Waals surface area contributed by atoms with E-state index < -0.39 is 0 Å². The highest BCUT2D eigenvalue weighted by Gasteiger charge is 2.19. The topological polar surface area (TPSA) is 9.23 Å². The number of hydrogen-bond donors (Lipinski definition) is 0. The van der Waals surface area contributed by atoms with Gasteiger partial charge in [0.15, 0.2) is 0 Å². The second-order valence-corrected chi connectivity index (χ2v) is 4.99. The number of methoxy groups -OCH3 is 1. The largest absolute Gasteiger partial charge is 0.496 e. The van der Waals surface area contributed by atoms with Crippen molar-refractivity contribution in [3.8, 4) is 5.75 Å². The van der Waals surface area contributed by atoms with Crippen LogP contribution in [0, 0.1) is 19.7 Å². The fourth-order valence-corrected chi connectivity index (χ4v) is 2.88. The summed E-state index contributed by atoms with van der Waals surface area (Å²) in [5.74, 6) is 0.508. The average Bonchev–Trinajstić information content (AvgIpc) is 2.37. The molecule has 2 rings (SSSR count). The van der Waals surface area contributed by atoms with Gasteiger partial charge in [-0.05, 0) is 48.7 Å². The predicted octanol–water partition coefficient (Wildman–Crippen LogP) is 4.78. The number of ether oxygens (including phenoxy) is 1. The molecular weight excluding hydrogens is 263 g/mol. The maximum Gasteiger partial charge on any atom is 0.123 e. The molecule has 19 heavy (non-hydrogen) atoms. The van der Waals surface area contributed by atoms with Crippen molar-refractivity contribution in [2.75, 3.05) is 7.11 Å². The highest BCUT2D eigenvalue weighted by atomic mass is 35.5. The molecule has 1 atom stereocenters. The Morgan fingerprint density at radius 1 is 1.11 bits per heavy atom. The van der Waals surface area contributed by atoms with Gasteiger partial charge in [0.25, 0.3) is 0 Å². The Labute approximate surface area is 118 Å². The highest BCUT2D eigenvalue weighted by Crippen LogP contribution is 2.38. The Hall–Kier alpha value is -1.54. The van der Waals surface area contributed by atoms with E-state index in [4.69, 9.17) is 16.3 Å². The summed E-state index contributed by atoms with van der Waals surface area (Å²) in [6, 6.07) is 10.6. The van der Waals surface area contributed by atoms with Gasteiger partial charge in [0.2, 0.25) is 0 Å². The first-order valence-corrected chi connectivity index (χ1v) is 6.52. The standard InChI is InChI=1S/C16H16ClFO/c1-10-8-12(18)9-11(2)15(10)16(17)13-6-4-5-7-14(13)19-3/h4-9,16H,1-3H3. The lowest BCUT2D eigenvalue weighted by Gasteiger charge is -2.18. The summed E-state index contributed by atoms with van der Waals surface area (Å²) in [5, 5.41) is -0.350. The molecule has 3 heteroatoms. The zero-order chi connectivity index (χ0) is 14.0. The third kappa shape index (κ3) is 2.74. The summed E-state index contributed by atoms with van der Waals surface area (Å²) in [6.07, 6.45) is 0. The molecule has 0 aliphatic rings. The van der Waals surface area contributed by atoms with E-state index in [1.165, 1.54) is 12.1 Å². The predicted molar refractivity (Wildman–Crippen MR) is 76.6 cm³/mol. The van der Waals surface area contributed by atoms with Crippen LogP contribution in [0.25, 0.3) is 0 Å². The molecule has 100 valence electrons. The van der Waals surface area contributed by atoms with Gasteiger partial charge in [0, 0.05) is 5.56 Å². The van der Waals surface area contributed by atoms with Crippen LogP contribution in [0.2, 0.25) is 0 Å². The van der Waals surface area contributed by atoms with Crippen LogP contribution in [0.1, 0.15) is 27.6 Å². The smallest absolute Gasteiger partial charge is 0.123 e. The second kappa shape index (κ2) is 5.62. The van der Waals surface area contributed by atoms with Crippen LogP contribution < -0.4 is 4.74 Å². The van der Waals surface area contributed by atoms with E-state index in [2.05, 4.69) is 0 Å². The Balaban J connectivity index is 2.53. The minimum atomic E-state index is -0.350.